The number of benzene rings is 2. The van der Waals surface area contributed by atoms with E-state index >= 15 is 0 Å². The molecular weight excluding hydrogens is 306 g/mol. The van der Waals surface area contributed by atoms with Crippen LogP contribution in [-0.4, -0.2) is 43.1 Å². The first kappa shape index (κ1) is 16.1. The van der Waals surface area contributed by atoms with E-state index in [2.05, 4.69) is 78.4 Å². The second-order valence-corrected chi connectivity index (χ2v) is 7.06. The molecule has 2 heterocycles. The molecule has 25 heavy (non-hydrogen) atoms. The minimum atomic E-state index is 1.03. The first-order valence-electron chi connectivity index (χ1n) is 9.11. The van der Waals surface area contributed by atoms with Crippen molar-refractivity contribution in [2.24, 2.45) is 0 Å². The highest BCUT2D eigenvalue weighted by Crippen LogP contribution is 2.30. The lowest BCUT2D eigenvalue weighted by Crippen LogP contribution is -2.29. The lowest BCUT2D eigenvalue weighted by molar-refractivity contribution is 0.360. The Morgan fingerprint density at radius 2 is 1.68 bits per heavy atom. The minimum Gasteiger partial charge on any atom is -0.355 e. The van der Waals surface area contributed by atoms with Crippen LogP contribution in [0.15, 0.2) is 54.6 Å². The molecule has 0 bridgehead atoms. The number of aryl methyl sites for hydroxylation is 1. The van der Waals surface area contributed by atoms with Crippen molar-refractivity contribution in [2.75, 3.05) is 38.1 Å². The molecule has 3 heteroatoms. The molecule has 128 valence electrons. The van der Waals surface area contributed by atoms with Gasteiger partial charge in [0.2, 0.25) is 0 Å². The normalized spacial score (nSPS) is 16.2. The molecule has 0 radical (unpaired) electrons. The quantitative estimate of drug-likeness (QED) is 0.696. The fraction of sp³-hybridized carbons (Fsp3) is 0.318. The summed E-state index contributed by atoms with van der Waals surface area (Å²) in [5.74, 6) is 1.13. The highest BCUT2D eigenvalue weighted by Gasteiger charge is 2.17. The monoisotopic (exact) mass is 331 g/mol. The average molecular weight is 331 g/mol. The van der Waals surface area contributed by atoms with Gasteiger partial charge < -0.3 is 9.80 Å². The maximum atomic E-state index is 5.10. The minimum absolute atomic E-state index is 1.03. The van der Waals surface area contributed by atoms with Gasteiger partial charge >= 0.3 is 0 Å². The summed E-state index contributed by atoms with van der Waals surface area (Å²) in [5, 5.41) is 2.52. The van der Waals surface area contributed by atoms with Gasteiger partial charge in [0, 0.05) is 30.6 Å². The van der Waals surface area contributed by atoms with Gasteiger partial charge in [0.25, 0.3) is 0 Å². The molecule has 0 N–H and O–H groups in total. The van der Waals surface area contributed by atoms with Crippen LogP contribution >= 0.6 is 0 Å². The van der Waals surface area contributed by atoms with Crippen molar-refractivity contribution in [3.05, 3.63) is 60.2 Å². The van der Waals surface area contributed by atoms with Crippen LogP contribution in [-0.2, 0) is 0 Å². The van der Waals surface area contributed by atoms with E-state index in [1.165, 1.54) is 28.3 Å². The lowest BCUT2D eigenvalue weighted by atomic mass is 10.1. The van der Waals surface area contributed by atoms with E-state index in [-0.39, 0.29) is 0 Å². The Hall–Kier alpha value is -2.39. The number of fused-ring (bicyclic) bond motifs is 1. The predicted octanol–water partition coefficient (Wildman–Crippen LogP) is 4.35. The Kier molecular flexibility index (Phi) is 4.41. The van der Waals surface area contributed by atoms with E-state index in [1.807, 2.05) is 0 Å². The van der Waals surface area contributed by atoms with Crippen LogP contribution in [0.25, 0.3) is 22.0 Å². The summed E-state index contributed by atoms with van der Waals surface area (Å²) >= 11 is 0. The number of hydrogen-bond donors (Lipinski definition) is 0. The van der Waals surface area contributed by atoms with Crippen molar-refractivity contribution in [2.45, 2.75) is 13.3 Å². The second-order valence-electron chi connectivity index (χ2n) is 7.06. The standard InChI is InChI=1S/C22H25N3/c1-17-8-10-18(11-9-17)21-16-19-6-3-4-7-20(19)22(23-21)25-13-5-12-24(2)14-15-25/h3-4,6-11,16H,5,12-15H2,1-2H3. The molecule has 3 nitrogen and oxygen atoms in total. The van der Waals surface area contributed by atoms with Crippen LogP contribution in [0.2, 0.25) is 0 Å². The number of hydrogen-bond acceptors (Lipinski definition) is 3. The van der Waals surface area contributed by atoms with Gasteiger partial charge in [-0.05, 0) is 38.4 Å². The molecule has 1 aliphatic rings. The highest BCUT2D eigenvalue weighted by atomic mass is 15.2. The summed E-state index contributed by atoms with van der Waals surface area (Å²) < 4.78 is 0. The van der Waals surface area contributed by atoms with Crippen molar-refractivity contribution >= 4 is 16.6 Å². The summed E-state index contributed by atoms with van der Waals surface area (Å²) in [4.78, 5) is 9.97. The number of nitrogens with zero attached hydrogens (tertiary/aromatic N) is 3. The van der Waals surface area contributed by atoms with Gasteiger partial charge in [0.15, 0.2) is 0 Å². The van der Waals surface area contributed by atoms with Gasteiger partial charge in [-0.1, -0.05) is 54.1 Å². The summed E-state index contributed by atoms with van der Waals surface area (Å²) in [6, 6.07) is 19.5. The topological polar surface area (TPSA) is 19.4 Å². The summed E-state index contributed by atoms with van der Waals surface area (Å²) in [6.07, 6.45) is 1.18. The van der Waals surface area contributed by atoms with Gasteiger partial charge in [0.05, 0.1) is 5.69 Å². The molecule has 0 saturated carbocycles. The van der Waals surface area contributed by atoms with E-state index in [0.29, 0.717) is 0 Å². The van der Waals surface area contributed by atoms with Crippen molar-refractivity contribution < 1.29 is 0 Å². The van der Waals surface area contributed by atoms with Crippen molar-refractivity contribution in [3.8, 4) is 11.3 Å². The average Bonchev–Trinajstić information content (AvgIpc) is 2.86. The van der Waals surface area contributed by atoms with E-state index in [0.717, 1.165) is 37.7 Å². The zero-order valence-corrected chi connectivity index (χ0v) is 15.1. The number of rotatable bonds is 2. The van der Waals surface area contributed by atoms with Gasteiger partial charge in [-0.2, -0.15) is 0 Å². The molecule has 0 atom stereocenters. The largest absolute Gasteiger partial charge is 0.355 e. The first-order chi connectivity index (χ1) is 12.2. The molecule has 2 aromatic carbocycles. The molecule has 1 aliphatic heterocycles. The fourth-order valence-electron chi connectivity index (χ4n) is 3.55. The molecule has 1 aromatic heterocycles. The van der Waals surface area contributed by atoms with Crippen molar-refractivity contribution in [1.82, 2.24) is 9.88 Å². The molecule has 3 aromatic rings. The summed E-state index contributed by atoms with van der Waals surface area (Å²) in [6.45, 7) is 6.47. The van der Waals surface area contributed by atoms with Crippen LogP contribution in [0.4, 0.5) is 5.82 Å². The van der Waals surface area contributed by atoms with E-state index in [9.17, 15) is 0 Å². The van der Waals surface area contributed by atoms with Crippen LogP contribution in [0.1, 0.15) is 12.0 Å². The van der Waals surface area contributed by atoms with E-state index in [4.69, 9.17) is 4.98 Å². The van der Waals surface area contributed by atoms with Crippen LogP contribution in [0, 0.1) is 6.92 Å². The molecule has 1 fully saturated rings. The number of aromatic nitrogens is 1. The van der Waals surface area contributed by atoms with Gasteiger partial charge in [-0.25, -0.2) is 4.98 Å². The van der Waals surface area contributed by atoms with E-state index < -0.39 is 0 Å². The predicted molar refractivity (Wildman–Crippen MR) is 106 cm³/mol. The third kappa shape index (κ3) is 3.38. The number of likely N-dealkylation sites (N-methyl/N-ethyl adjacent to an activating group) is 1. The Morgan fingerprint density at radius 1 is 0.880 bits per heavy atom. The molecule has 0 unspecified atom stereocenters. The number of pyridine rings is 1. The molecular formula is C22H25N3. The fourth-order valence-corrected chi connectivity index (χ4v) is 3.55. The van der Waals surface area contributed by atoms with Crippen molar-refractivity contribution in [1.29, 1.82) is 0 Å². The number of anilines is 1. The van der Waals surface area contributed by atoms with E-state index in [1.54, 1.807) is 0 Å². The Morgan fingerprint density at radius 3 is 2.52 bits per heavy atom. The Labute approximate surface area is 149 Å². The zero-order chi connectivity index (χ0) is 17.2. The van der Waals surface area contributed by atoms with Crippen molar-refractivity contribution in [3.63, 3.8) is 0 Å². The molecule has 4 rings (SSSR count). The van der Waals surface area contributed by atoms with Gasteiger partial charge in [-0.3, -0.25) is 0 Å². The molecule has 0 aliphatic carbocycles. The smallest absolute Gasteiger partial charge is 0.137 e. The Bertz CT molecular complexity index is 870. The maximum Gasteiger partial charge on any atom is 0.137 e. The summed E-state index contributed by atoms with van der Waals surface area (Å²) in [5.41, 5.74) is 3.52. The zero-order valence-electron chi connectivity index (χ0n) is 15.1. The Balaban J connectivity index is 1.82. The summed E-state index contributed by atoms with van der Waals surface area (Å²) in [7, 11) is 2.21. The highest BCUT2D eigenvalue weighted by molar-refractivity contribution is 5.95. The lowest BCUT2D eigenvalue weighted by Gasteiger charge is -2.24. The van der Waals surface area contributed by atoms with Crippen LogP contribution < -0.4 is 4.90 Å². The SMILES string of the molecule is Cc1ccc(-c2cc3ccccc3c(N3CCCN(C)CC3)n2)cc1. The maximum absolute atomic E-state index is 5.10. The van der Waals surface area contributed by atoms with Crippen LogP contribution in [0.3, 0.4) is 0 Å². The van der Waals surface area contributed by atoms with Gasteiger partial charge in [0.1, 0.15) is 5.82 Å². The third-order valence-corrected chi connectivity index (χ3v) is 5.09. The molecule has 1 saturated heterocycles. The van der Waals surface area contributed by atoms with Gasteiger partial charge in [-0.15, -0.1) is 0 Å². The third-order valence-electron chi connectivity index (χ3n) is 5.09. The van der Waals surface area contributed by atoms with Crippen LogP contribution in [0.5, 0.6) is 0 Å². The first-order valence-corrected chi connectivity index (χ1v) is 9.11. The molecule has 0 spiro atoms. The molecule has 0 amide bonds. The second kappa shape index (κ2) is 6.85.